The van der Waals surface area contributed by atoms with Crippen LogP contribution in [0.5, 0.6) is 5.75 Å². The largest absolute Gasteiger partial charge is 0.490 e. The summed E-state index contributed by atoms with van der Waals surface area (Å²) in [5.74, 6) is 0.234. The zero-order valence-corrected chi connectivity index (χ0v) is 11.5. The fourth-order valence-electron chi connectivity index (χ4n) is 2.22. The summed E-state index contributed by atoms with van der Waals surface area (Å²) in [5.41, 5.74) is -0.286. The normalized spacial score (nSPS) is 19.3. The SMILES string of the molecule is N#Cc1c(OCC2CCCCN2Cl)cccc1[N+](=O)[O-]. The number of rotatable bonds is 4. The molecule has 1 aromatic carbocycles. The summed E-state index contributed by atoms with van der Waals surface area (Å²) in [7, 11) is 0. The van der Waals surface area contributed by atoms with Crippen LogP contribution < -0.4 is 4.74 Å². The Morgan fingerprint density at radius 1 is 1.55 bits per heavy atom. The molecule has 1 saturated heterocycles. The molecule has 1 aliphatic heterocycles. The molecule has 1 aliphatic rings. The van der Waals surface area contributed by atoms with E-state index in [1.807, 2.05) is 6.07 Å². The number of ether oxygens (including phenoxy) is 1. The fraction of sp³-hybridized carbons (Fsp3) is 0.462. The van der Waals surface area contributed by atoms with Crippen molar-refractivity contribution in [2.45, 2.75) is 25.3 Å². The summed E-state index contributed by atoms with van der Waals surface area (Å²) in [4.78, 5) is 10.3. The predicted molar refractivity (Wildman–Crippen MR) is 73.5 cm³/mol. The van der Waals surface area contributed by atoms with E-state index in [1.54, 1.807) is 10.5 Å². The lowest BCUT2D eigenvalue weighted by Crippen LogP contribution is -2.36. The number of benzene rings is 1. The number of nitro benzene ring substituents is 1. The van der Waals surface area contributed by atoms with Crippen LogP contribution in [-0.4, -0.2) is 28.5 Å². The first-order valence-electron chi connectivity index (χ1n) is 6.36. The summed E-state index contributed by atoms with van der Waals surface area (Å²) in [6.45, 7) is 1.12. The minimum absolute atomic E-state index is 0.0468. The lowest BCUT2D eigenvalue weighted by atomic mass is 10.1. The monoisotopic (exact) mass is 295 g/mol. The minimum Gasteiger partial charge on any atom is -0.490 e. The van der Waals surface area contributed by atoms with Gasteiger partial charge in [0.2, 0.25) is 0 Å². The number of hydrogen-bond acceptors (Lipinski definition) is 5. The van der Waals surface area contributed by atoms with E-state index in [0.717, 1.165) is 25.8 Å². The van der Waals surface area contributed by atoms with Crippen molar-refractivity contribution < 1.29 is 9.66 Å². The minimum atomic E-state index is -0.583. The molecular formula is C13H14ClN3O3. The number of hydrogen-bond donors (Lipinski definition) is 0. The first-order chi connectivity index (χ1) is 9.63. The molecule has 0 aliphatic carbocycles. The highest BCUT2D eigenvalue weighted by Gasteiger charge is 2.23. The molecule has 0 radical (unpaired) electrons. The van der Waals surface area contributed by atoms with Gasteiger partial charge in [-0.3, -0.25) is 10.1 Å². The molecule has 0 N–H and O–H groups in total. The molecule has 0 saturated carbocycles. The standard InChI is InChI=1S/C13H14ClN3O3/c14-16-7-2-1-4-10(16)9-20-13-6-3-5-12(17(18)19)11(13)8-15/h3,5-6,10H,1-2,4,7,9H2. The van der Waals surface area contributed by atoms with Gasteiger partial charge in [0.1, 0.15) is 18.4 Å². The van der Waals surface area contributed by atoms with E-state index in [0.29, 0.717) is 6.61 Å². The zero-order valence-electron chi connectivity index (χ0n) is 10.8. The third-order valence-electron chi connectivity index (χ3n) is 3.30. The number of piperidine rings is 1. The van der Waals surface area contributed by atoms with Crippen LogP contribution in [0.4, 0.5) is 5.69 Å². The number of halogens is 1. The Balaban J connectivity index is 2.11. The Kier molecular flexibility index (Phi) is 4.77. The molecule has 0 aromatic heterocycles. The van der Waals surface area contributed by atoms with E-state index >= 15 is 0 Å². The van der Waals surface area contributed by atoms with Gasteiger partial charge in [-0.1, -0.05) is 12.5 Å². The van der Waals surface area contributed by atoms with Crippen molar-refractivity contribution in [3.05, 3.63) is 33.9 Å². The van der Waals surface area contributed by atoms with Gasteiger partial charge in [0, 0.05) is 12.6 Å². The second-order valence-corrected chi connectivity index (χ2v) is 5.04. The summed E-state index contributed by atoms with van der Waals surface area (Å²) in [5, 5.41) is 19.9. The van der Waals surface area contributed by atoms with Crippen molar-refractivity contribution in [3.63, 3.8) is 0 Å². The van der Waals surface area contributed by atoms with E-state index in [4.69, 9.17) is 21.8 Å². The molecule has 1 heterocycles. The van der Waals surface area contributed by atoms with Gasteiger partial charge in [-0.15, -0.1) is 0 Å². The summed E-state index contributed by atoms with van der Waals surface area (Å²) in [6, 6.07) is 6.26. The second-order valence-electron chi connectivity index (χ2n) is 4.60. The van der Waals surface area contributed by atoms with Crippen molar-refractivity contribution in [1.82, 2.24) is 4.42 Å². The molecule has 6 nitrogen and oxygen atoms in total. The van der Waals surface area contributed by atoms with Crippen molar-refractivity contribution in [2.75, 3.05) is 13.2 Å². The van der Waals surface area contributed by atoms with Crippen molar-refractivity contribution >= 4 is 17.5 Å². The van der Waals surface area contributed by atoms with Crippen LogP contribution in [0.3, 0.4) is 0 Å². The van der Waals surface area contributed by atoms with E-state index in [1.165, 1.54) is 12.1 Å². The molecule has 1 atom stereocenters. The maximum absolute atomic E-state index is 10.9. The average Bonchev–Trinajstić information content (AvgIpc) is 2.45. The van der Waals surface area contributed by atoms with Gasteiger partial charge in [0.05, 0.1) is 11.0 Å². The molecule has 20 heavy (non-hydrogen) atoms. The Labute approximate surface area is 121 Å². The quantitative estimate of drug-likeness (QED) is 0.485. The average molecular weight is 296 g/mol. The topological polar surface area (TPSA) is 79.4 Å². The maximum atomic E-state index is 10.9. The van der Waals surface area contributed by atoms with Crippen LogP contribution in [0.15, 0.2) is 18.2 Å². The molecular weight excluding hydrogens is 282 g/mol. The van der Waals surface area contributed by atoms with Crippen LogP contribution >= 0.6 is 11.8 Å². The third-order valence-corrected chi connectivity index (χ3v) is 3.74. The molecule has 0 spiro atoms. The van der Waals surface area contributed by atoms with Gasteiger partial charge >= 0.3 is 0 Å². The fourth-order valence-corrected chi connectivity index (χ4v) is 2.49. The highest BCUT2D eigenvalue weighted by molar-refractivity contribution is 6.13. The molecule has 106 valence electrons. The molecule has 1 fully saturated rings. The van der Waals surface area contributed by atoms with E-state index < -0.39 is 4.92 Å². The van der Waals surface area contributed by atoms with Gasteiger partial charge in [-0.05, 0) is 30.7 Å². The number of nitriles is 1. The number of nitro groups is 1. The molecule has 2 rings (SSSR count). The van der Waals surface area contributed by atoms with Gasteiger partial charge < -0.3 is 4.74 Å². The van der Waals surface area contributed by atoms with E-state index in [9.17, 15) is 10.1 Å². The highest BCUT2D eigenvalue weighted by atomic mass is 35.5. The summed E-state index contributed by atoms with van der Waals surface area (Å²) < 4.78 is 7.28. The molecule has 1 unspecified atom stereocenters. The van der Waals surface area contributed by atoms with Gasteiger partial charge in [0.15, 0.2) is 5.56 Å². The van der Waals surface area contributed by atoms with Gasteiger partial charge in [-0.25, -0.2) is 4.42 Å². The Morgan fingerprint density at radius 2 is 2.35 bits per heavy atom. The second kappa shape index (κ2) is 6.55. The predicted octanol–water partition coefficient (Wildman–Crippen LogP) is 2.85. The van der Waals surface area contributed by atoms with Crippen LogP contribution in [-0.2, 0) is 0 Å². The van der Waals surface area contributed by atoms with Gasteiger partial charge in [-0.2, -0.15) is 5.26 Å². The lowest BCUT2D eigenvalue weighted by molar-refractivity contribution is -0.385. The summed E-state index contributed by atoms with van der Waals surface area (Å²) in [6.07, 6.45) is 3.05. The van der Waals surface area contributed by atoms with Crippen molar-refractivity contribution in [2.24, 2.45) is 0 Å². The first kappa shape index (κ1) is 14.6. The highest BCUT2D eigenvalue weighted by Crippen LogP contribution is 2.28. The third kappa shape index (κ3) is 3.18. The summed E-state index contributed by atoms with van der Waals surface area (Å²) >= 11 is 6.08. The lowest BCUT2D eigenvalue weighted by Gasteiger charge is -2.29. The molecule has 0 amide bonds. The van der Waals surface area contributed by atoms with Crippen molar-refractivity contribution in [3.8, 4) is 11.8 Å². The van der Waals surface area contributed by atoms with Crippen LogP contribution in [0.1, 0.15) is 24.8 Å². The van der Waals surface area contributed by atoms with Crippen LogP contribution in [0.25, 0.3) is 0 Å². The zero-order chi connectivity index (χ0) is 14.5. The van der Waals surface area contributed by atoms with E-state index in [2.05, 4.69) is 0 Å². The Morgan fingerprint density at radius 3 is 3.00 bits per heavy atom. The molecule has 0 bridgehead atoms. The maximum Gasteiger partial charge on any atom is 0.290 e. The van der Waals surface area contributed by atoms with Crippen LogP contribution in [0.2, 0.25) is 0 Å². The Bertz CT molecular complexity index is 544. The van der Waals surface area contributed by atoms with Crippen molar-refractivity contribution in [1.29, 1.82) is 5.26 Å². The van der Waals surface area contributed by atoms with E-state index in [-0.39, 0.29) is 23.0 Å². The van der Waals surface area contributed by atoms with Gasteiger partial charge in [0.25, 0.3) is 5.69 Å². The Hall–Kier alpha value is -1.84. The number of nitrogens with zero attached hydrogens (tertiary/aromatic N) is 3. The molecule has 7 heteroatoms. The first-order valence-corrected chi connectivity index (χ1v) is 6.70. The molecule has 1 aromatic rings. The smallest absolute Gasteiger partial charge is 0.290 e. The van der Waals surface area contributed by atoms with Crippen LogP contribution in [0, 0.1) is 21.4 Å².